The lowest BCUT2D eigenvalue weighted by molar-refractivity contribution is -0.137. The summed E-state index contributed by atoms with van der Waals surface area (Å²) < 4.78 is 80.3. The Morgan fingerprint density at radius 1 is 1.16 bits per heavy atom. The fourth-order valence-corrected chi connectivity index (χ4v) is 3.88. The lowest BCUT2D eigenvalue weighted by atomic mass is 9.75. The van der Waals surface area contributed by atoms with Crippen LogP contribution in [-0.4, -0.2) is 27.5 Å². The van der Waals surface area contributed by atoms with Crippen molar-refractivity contribution in [2.45, 2.75) is 49.4 Å². The topological polar surface area (TPSA) is 62.2 Å². The van der Waals surface area contributed by atoms with Gasteiger partial charge in [-0.1, -0.05) is 23.7 Å². The van der Waals surface area contributed by atoms with E-state index in [0.29, 0.717) is 6.07 Å². The Labute approximate surface area is 178 Å². The van der Waals surface area contributed by atoms with Gasteiger partial charge < -0.3 is 10.4 Å². The van der Waals surface area contributed by atoms with Crippen LogP contribution in [-0.2, 0) is 6.18 Å². The highest BCUT2D eigenvalue weighted by Crippen LogP contribution is 2.44. The van der Waals surface area contributed by atoms with Crippen LogP contribution in [0, 0.1) is 5.82 Å². The maximum Gasteiger partial charge on any atom is 0.417 e. The number of hydrogen-bond acceptors (Lipinski definition) is 3. The molecule has 1 amide bonds. The number of halogens is 7. The summed E-state index contributed by atoms with van der Waals surface area (Å²) in [5.74, 6) is -4.89. The van der Waals surface area contributed by atoms with E-state index in [1.807, 2.05) is 0 Å². The van der Waals surface area contributed by atoms with Crippen LogP contribution in [0.1, 0.15) is 53.3 Å². The molecule has 1 aliphatic rings. The fourth-order valence-electron chi connectivity index (χ4n) is 3.57. The molecular formula is C20H17ClF6N2O2. The quantitative estimate of drug-likeness (QED) is 0.601. The van der Waals surface area contributed by atoms with Crippen molar-refractivity contribution >= 4 is 17.5 Å². The van der Waals surface area contributed by atoms with Crippen molar-refractivity contribution in [1.82, 2.24) is 10.3 Å². The van der Waals surface area contributed by atoms with Gasteiger partial charge in [0.25, 0.3) is 5.91 Å². The van der Waals surface area contributed by atoms with Gasteiger partial charge in [0.1, 0.15) is 11.5 Å². The fraction of sp³-hybridized carbons (Fsp3) is 0.400. The number of amides is 1. The predicted octanol–water partition coefficient (Wildman–Crippen LogP) is 5.30. The summed E-state index contributed by atoms with van der Waals surface area (Å²) in [6.45, 7) is 0. The summed E-state index contributed by atoms with van der Waals surface area (Å²) in [6.07, 6.45) is -6.29. The zero-order valence-corrected chi connectivity index (χ0v) is 16.6. The zero-order chi connectivity index (χ0) is 23.0. The molecule has 0 radical (unpaired) electrons. The monoisotopic (exact) mass is 466 g/mol. The molecule has 0 saturated heterocycles. The highest BCUT2D eigenvalue weighted by Gasteiger charge is 2.48. The van der Waals surface area contributed by atoms with Gasteiger partial charge >= 0.3 is 6.18 Å². The molecule has 0 spiro atoms. The molecule has 1 fully saturated rings. The van der Waals surface area contributed by atoms with Gasteiger partial charge in [-0.3, -0.25) is 4.79 Å². The minimum absolute atomic E-state index is 0.0594. The van der Waals surface area contributed by atoms with Gasteiger partial charge in [-0.05, 0) is 36.6 Å². The van der Waals surface area contributed by atoms with E-state index in [2.05, 4.69) is 10.3 Å². The van der Waals surface area contributed by atoms with E-state index in [-0.39, 0.29) is 5.56 Å². The number of pyridine rings is 1. The first-order chi connectivity index (χ1) is 14.3. The molecule has 11 heteroatoms. The van der Waals surface area contributed by atoms with E-state index in [1.165, 1.54) is 12.1 Å². The average molecular weight is 467 g/mol. The molecule has 2 N–H and O–H groups in total. The summed E-state index contributed by atoms with van der Waals surface area (Å²) in [6, 6.07) is 3.96. The van der Waals surface area contributed by atoms with Gasteiger partial charge in [0.15, 0.2) is 0 Å². The van der Waals surface area contributed by atoms with Crippen LogP contribution >= 0.6 is 11.6 Å². The predicted molar refractivity (Wildman–Crippen MR) is 99.2 cm³/mol. The molecule has 1 saturated carbocycles. The second-order valence-corrected chi connectivity index (χ2v) is 7.82. The normalized spacial score (nSPS) is 19.0. The Kier molecular flexibility index (Phi) is 6.25. The smallest absolute Gasteiger partial charge is 0.387 e. The highest BCUT2D eigenvalue weighted by molar-refractivity contribution is 6.34. The molecule has 4 nitrogen and oxygen atoms in total. The Morgan fingerprint density at radius 3 is 2.39 bits per heavy atom. The molecule has 1 heterocycles. The Balaban J connectivity index is 1.97. The number of aliphatic hydroxyl groups is 1. The molecule has 31 heavy (non-hydrogen) atoms. The highest BCUT2D eigenvalue weighted by atomic mass is 35.5. The SMILES string of the molecule is O=C(NC(c1cccc(F)c1)C1(O)CCC(F)(F)CC1)c1nccc(C(F)(F)F)c1Cl. The van der Waals surface area contributed by atoms with Crippen LogP contribution in [0.15, 0.2) is 36.5 Å². The first-order valence-electron chi connectivity index (χ1n) is 9.21. The Hall–Kier alpha value is -2.33. The van der Waals surface area contributed by atoms with Crippen molar-refractivity contribution in [3.05, 3.63) is 64.2 Å². The number of benzene rings is 1. The van der Waals surface area contributed by atoms with Crippen LogP contribution in [0.3, 0.4) is 0 Å². The molecule has 3 rings (SSSR count). The van der Waals surface area contributed by atoms with Crippen molar-refractivity contribution < 1.29 is 36.2 Å². The molecule has 168 valence electrons. The van der Waals surface area contributed by atoms with E-state index in [1.54, 1.807) is 0 Å². The van der Waals surface area contributed by atoms with Crippen molar-refractivity contribution in [3.63, 3.8) is 0 Å². The van der Waals surface area contributed by atoms with Gasteiger partial charge in [-0.25, -0.2) is 18.2 Å². The maximum atomic E-state index is 13.8. The minimum atomic E-state index is -4.84. The molecule has 1 unspecified atom stereocenters. The van der Waals surface area contributed by atoms with E-state index < -0.39 is 77.4 Å². The third-order valence-electron chi connectivity index (χ3n) is 5.25. The van der Waals surface area contributed by atoms with Gasteiger partial charge in [-0.2, -0.15) is 13.2 Å². The van der Waals surface area contributed by atoms with Crippen LogP contribution in [0.2, 0.25) is 5.02 Å². The van der Waals surface area contributed by atoms with E-state index >= 15 is 0 Å². The van der Waals surface area contributed by atoms with Crippen molar-refractivity contribution in [2.75, 3.05) is 0 Å². The summed E-state index contributed by atoms with van der Waals surface area (Å²) in [7, 11) is 0. The number of alkyl halides is 5. The Morgan fingerprint density at radius 2 is 1.81 bits per heavy atom. The average Bonchev–Trinajstić information content (AvgIpc) is 2.67. The molecule has 1 atom stereocenters. The second kappa shape index (κ2) is 8.31. The van der Waals surface area contributed by atoms with Gasteiger partial charge in [-0.15, -0.1) is 0 Å². The number of aromatic nitrogens is 1. The number of rotatable bonds is 4. The van der Waals surface area contributed by atoms with Crippen molar-refractivity contribution in [1.29, 1.82) is 0 Å². The van der Waals surface area contributed by atoms with E-state index in [9.17, 15) is 36.2 Å². The second-order valence-electron chi connectivity index (χ2n) is 7.44. The summed E-state index contributed by atoms with van der Waals surface area (Å²) in [4.78, 5) is 16.3. The third-order valence-corrected chi connectivity index (χ3v) is 5.63. The zero-order valence-electron chi connectivity index (χ0n) is 15.8. The maximum absolute atomic E-state index is 13.8. The molecule has 1 aromatic heterocycles. The number of carbonyl (C=O) groups excluding carboxylic acids is 1. The number of carbonyl (C=O) groups is 1. The van der Waals surface area contributed by atoms with Crippen LogP contribution in [0.4, 0.5) is 26.3 Å². The molecule has 0 bridgehead atoms. The molecular weight excluding hydrogens is 450 g/mol. The minimum Gasteiger partial charge on any atom is -0.387 e. The first kappa shape index (κ1) is 23.3. The van der Waals surface area contributed by atoms with Crippen molar-refractivity contribution in [2.24, 2.45) is 0 Å². The standard InChI is InChI=1S/C20H17ClF6N2O2/c21-14-13(20(25,26)27)4-9-28-15(14)17(30)29-16(11-2-1-3-12(22)10-11)18(31)5-7-19(23,24)8-6-18/h1-4,9-10,16,31H,5-8H2,(H,29,30). The van der Waals surface area contributed by atoms with Gasteiger partial charge in [0.05, 0.1) is 22.2 Å². The van der Waals surface area contributed by atoms with Gasteiger partial charge in [0.2, 0.25) is 5.92 Å². The number of nitrogens with zero attached hydrogens (tertiary/aromatic N) is 1. The van der Waals surface area contributed by atoms with Crippen LogP contribution in [0.25, 0.3) is 0 Å². The van der Waals surface area contributed by atoms with E-state index in [4.69, 9.17) is 11.6 Å². The largest absolute Gasteiger partial charge is 0.417 e. The van der Waals surface area contributed by atoms with Crippen LogP contribution < -0.4 is 5.32 Å². The molecule has 2 aromatic rings. The van der Waals surface area contributed by atoms with Crippen molar-refractivity contribution in [3.8, 4) is 0 Å². The van der Waals surface area contributed by atoms with E-state index in [0.717, 1.165) is 18.3 Å². The number of nitrogens with one attached hydrogen (secondary N) is 1. The molecule has 1 aliphatic carbocycles. The lowest BCUT2D eigenvalue weighted by Crippen LogP contribution is -2.50. The summed E-state index contributed by atoms with van der Waals surface area (Å²) in [5, 5.41) is 12.4. The number of hydrogen-bond donors (Lipinski definition) is 2. The third kappa shape index (κ3) is 5.12. The molecule has 0 aliphatic heterocycles. The van der Waals surface area contributed by atoms with Crippen LogP contribution in [0.5, 0.6) is 0 Å². The van der Waals surface area contributed by atoms with Gasteiger partial charge in [0, 0.05) is 19.0 Å². The lowest BCUT2D eigenvalue weighted by Gasteiger charge is -2.42. The summed E-state index contributed by atoms with van der Waals surface area (Å²) >= 11 is 5.74. The first-order valence-corrected chi connectivity index (χ1v) is 9.58. The Bertz CT molecular complexity index is 972. The molecule has 1 aromatic carbocycles. The summed E-state index contributed by atoms with van der Waals surface area (Å²) in [5.41, 5.74) is -3.88.